The van der Waals surface area contributed by atoms with E-state index in [0.717, 1.165) is 15.8 Å². The summed E-state index contributed by atoms with van der Waals surface area (Å²) in [4.78, 5) is 53.4. The average molecular weight is 764 g/mol. The van der Waals surface area contributed by atoms with Crippen molar-refractivity contribution in [3.63, 3.8) is 0 Å². The first-order chi connectivity index (χ1) is 26.5. The molecule has 0 fully saturated rings. The smallest absolute Gasteiger partial charge is 0.407 e. The van der Waals surface area contributed by atoms with Crippen molar-refractivity contribution in [3.8, 4) is 16.9 Å². The van der Waals surface area contributed by atoms with E-state index in [1.807, 2.05) is 6.07 Å². The number of aliphatic hydroxyl groups is 1. The molecule has 0 saturated heterocycles. The van der Waals surface area contributed by atoms with E-state index in [1.54, 1.807) is 111 Å². The molecule has 16 heteroatoms. The molecule has 0 saturated carbocycles. The maximum absolute atomic E-state index is 12.8. The number of halogens is 1. The van der Waals surface area contributed by atoms with Gasteiger partial charge in [-0.2, -0.15) is 14.9 Å². The van der Waals surface area contributed by atoms with Gasteiger partial charge >= 0.3 is 6.09 Å². The van der Waals surface area contributed by atoms with Gasteiger partial charge in [0, 0.05) is 53.7 Å². The minimum atomic E-state index is -0.586. The SMILES string of the molecule is CC(CO)NC(=O)c1cc(-c2ccc(Cl)cc2)nn(-c2cnn(C)c2)c1=O.Nc1ccccc1NC(=O)c1ccc(CNC(=O)OCc2cccnc2)cc1. The van der Waals surface area contributed by atoms with Crippen molar-refractivity contribution in [1.82, 2.24) is 35.2 Å². The highest BCUT2D eigenvalue weighted by molar-refractivity contribution is 6.30. The van der Waals surface area contributed by atoms with Gasteiger partial charge in [0.2, 0.25) is 0 Å². The van der Waals surface area contributed by atoms with E-state index in [9.17, 15) is 19.2 Å². The minimum Gasteiger partial charge on any atom is -0.445 e. The molecule has 3 amide bonds. The van der Waals surface area contributed by atoms with Gasteiger partial charge in [0.15, 0.2) is 0 Å². The maximum atomic E-state index is 12.8. The number of aliphatic hydroxyl groups excluding tert-OH is 1. The third-order valence-electron chi connectivity index (χ3n) is 7.84. The van der Waals surface area contributed by atoms with E-state index in [4.69, 9.17) is 27.2 Å². The van der Waals surface area contributed by atoms with Crippen LogP contribution in [0, 0.1) is 0 Å². The second-order valence-corrected chi connectivity index (χ2v) is 12.6. The molecule has 3 aromatic carbocycles. The van der Waals surface area contributed by atoms with Crippen molar-refractivity contribution in [2.75, 3.05) is 17.7 Å². The summed E-state index contributed by atoms with van der Waals surface area (Å²) >= 11 is 5.93. The van der Waals surface area contributed by atoms with Gasteiger partial charge in [-0.3, -0.25) is 24.0 Å². The number of carbonyl (C=O) groups is 3. The number of rotatable bonds is 11. The summed E-state index contributed by atoms with van der Waals surface area (Å²) in [6, 6.07) is 25.4. The van der Waals surface area contributed by atoms with Gasteiger partial charge in [0.25, 0.3) is 17.4 Å². The highest BCUT2D eigenvalue weighted by Gasteiger charge is 2.19. The van der Waals surface area contributed by atoms with Crippen LogP contribution >= 0.6 is 11.6 Å². The number of aryl methyl sites for hydroxylation is 1. The van der Waals surface area contributed by atoms with Crippen LogP contribution in [0.15, 0.2) is 121 Å². The van der Waals surface area contributed by atoms with Gasteiger partial charge < -0.3 is 31.5 Å². The molecule has 282 valence electrons. The second-order valence-electron chi connectivity index (χ2n) is 12.1. The maximum Gasteiger partial charge on any atom is 0.407 e. The van der Waals surface area contributed by atoms with Crippen molar-refractivity contribution in [1.29, 1.82) is 0 Å². The van der Waals surface area contributed by atoms with E-state index in [2.05, 4.69) is 31.1 Å². The Kier molecular flexibility index (Phi) is 13.4. The number of pyridine rings is 1. The third-order valence-corrected chi connectivity index (χ3v) is 8.09. The zero-order valence-electron chi connectivity index (χ0n) is 29.8. The van der Waals surface area contributed by atoms with Crippen molar-refractivity contribution in [3.05, 3.63) is 153 Å². The second kappa shape index (κ2) is 18.8. The van der Waals surface area contributed by atoms with E-state index in [1.165, 1.54) is 16.9 Å². The number of hydrogen-bond donors (Lipinski definition) is 5. The lowest BCUT2D eigenvalue weighted by Gasteiger charge is -2.13. The number of nitrogen functional groups attached to an aromatic ring is 1. The molecule has 0 spiro atoms. The third kappa shape index (κ3) is 11.1. The largest absolute Gasteiger partial charge is 0.445 e. The van der Waals surface area contributed by atoms with Crippen LogP contribution in [0.3, 0.4) is 0 Å². The molecule has 0 aliphatic carbocycles. The van der Waals surface area contributed by atoms with Gasteiger partial charge in [-0.15, -0.1) is 0 Å². The normalized spacial score (nSPS) is 11.1. The number of alkyl carbamates (subject to hydrolysis) is 1. The number of para-hydroxylation sites is 2. The molecule has 6 aromatic rings. The number of nitrogens with one attached hydrogen (secondary N) is 3. The average Bonchev–Trinajstić information content (AvgIpc) is 3.64. The highest BCUT2D eigenvalue weighted by atomic mass is 35.5. The minimum absolute atomic E-state index is 0.0842. The summed E-state index contributed by atoms with van der Waals surface area (Å²) in [6.45, 7) is 1.84. The van der Waals surface area contributed by atoms with Gasteiger partial charge in [0.05, 0.1) is 36.1 Å². The number of aromatic nitrogens is 5. The zero-order chi connectivity index (χ0) is 39.3. The summed E-state index contributed by atoms with van der Waals surface area (Å²) in [7, 11) is 1.72. The lowest BCUT2D eigenvalue weighted by atomic mass is 10.1. The summed E-state index contributed by atoms with van der Waals surface area (Å²) in [5.74, 6) is -0.843. The molecule has 15 nitrogen and oxygen atoms in total. The van der Waals surface area contributed by atoms with Crippen LogP contribution in [0.2, 0.25) is 5.02 Å². The number of hydrogen-bond acceptors (Lipinski definition) is 10. The van der Waals surface area contributed by atoms with E-state index in [-0.39, 0.29) is 24.7 Å². The summed E-state index contributed by atoms with van der Waals surface area (Å²) in [6.07, 6.45) is 5.88. The Morgan fingerprint density at radius 3 is 2.35 bits per heavy atom. The number of nitrogens with zero attached hydrogens (tertiary/aromatic N) is 5. The molecule has 3 aromatic heterocycles. The molecule has 0 bridgehead atoms. The fraction of sp³-hybridized carbons (Fsp3) is 0.154. The van der Waals surface area contributed by atoms with Gasteiger partial charge in [-0.25, -0.2) is 4.79 Å². The van der Waals surface area contributed by atoms with Crippen molar-refractivity contribution in [2.24, 2.45) is 7.05 Å². The number of carbonyl (C=O) groups excluding carboxylic acids is 3. The summed E-state index contributed by atoms with van der Waals surface area (Å²) in [5, 5.41) is 26.2. The van der Waals surface area contributed by atoms with E-state index in [0.29, 0.717) is 45.5 Å². The molecule has 6 N–H and O–H groups in total. The Balaban J connectivity index is 0.000000211. The molecular formula is C39H38ClN9O6. The molecule has 3 heterocycles. The lowest BCUT2D eigenvalue weighted by Crippen LogP contribution is -2.39. The summed E-state index contributed by atoms with van der Waals surface area (Å²) < 4.78 is 7.79. The van der Waals surface area contributed by atoms with E-state index < -0.39 is 23.6 Å². The standard InChI is InChI=1S/C21H20N4O3.C18H18ClN5O3/c22-18-5-1-2-6-19(18)25-20(26)17-9-7-15(8-10-17)13-24-21(27)28-14-16-4-3-11-23-12-16;1-11(10-25)21-17(26)15-7-16(12-3-5-13(19)6-4-12)22-24(18(15)27)14-8-20-23(2)9-14/h1-12H,13-14,22H2,(H,24,27)(H,25,26);3-9,11,25H,10H2,1-2H3,(H,21,26). The van der Waals surface area contributed by atoms with Gasteiger partial charge in [-0.1, -0.05) is 54.1 Å². The predicted molar refractivity (Wildman–Crippen MR) is 208 cm³/mol. The van der Waals surface area contributed by atoms with Crippen LogP contribution in [0.1, 0.15) is 38.8 Å². The van der Waals surface area contributed by atoms with Crippen LogP contribution in [0.5, 0.6) is 0 Å². The first-order valence-corrected chi connectivity index (χ1v) is 17.2. The molecule has 0 radical (unpaired) electrons. The first kappa shape index (κ1) is 39.4. The monoisotopic (exact) mass is 763 g/mol. The van der Waals surface area contributed by atoms with Crippen molar-refractivity contribution in [2.45, 2.75) is 26.1 Å². The fourth-order valence-corrected chi connectivity index (χ4v) is 5.02. The number of nitrogens with two attached hydrogens (primary N) is 1. The van der Waals surface area contributed by atoms with E-state index >= 15 is 0 Å². The number of ether oxygens (including phenoxy) is 1. The molecule has 0 aliphatic rings. The Labute approximate surface area is 320 Å². The lowest BCUT2D eigenvalue weighted by molar-refractivity contribution is 0.0919. The van der Waals surface area contributed by atoms with Crippen molar-refractivity contribution < 1.29 is 24.2 Å². The van der Waals surface area contributed by atoms with Crippen molar-refractivity contribution >= 4 is 40.9 Å². The Morgan fingerprint density at radius 2 is 1.69 bits per heavy atom. The van der Waals surface area contributed by atoms with Gasteiger partial charge in [-0.05, 0) is 61.0 Å². The predicted octanol–water partition coefficient (Wildman–Crippen LogP) is 4.74. The van der Waals surface area contributed by atoms with Crippen LogP contribution in [-0.2, 0) is 24.9 Å². The van der Waals surface area contributed by atoms with Crippen LogP contribution in [-0.4, -0.2) is 60.2 Å². The Hall–Kier alpha value is -6.84. The molecule has 0 aliphatic heterocycles. The fourth-order valence-electron chi connectivity index (χ4n) is 4.90. The Morgan fingerprint density at radius 1 is 0.945 bits per heavy atom. The molecule has 1 atom stereocenters. The van der Waals surface area contributed by atoms with Gasteiger partial charge in [0.1, 0.15) is 17.9 Å². The number of benzene rings is 3. The summed E-state index contributed by atoms with van der Waals surface area (Å²) in [5.41, 5.74) is 9.93. The molecule has 1 unspecified atom stereocenters. The highest BCUT2D eigenvalue weighted by Crippen LogP contribution is 2.21. The molecule has 55 heavy (non-hydrogen) atoms. The topological polar surface area (TPSA) is 208 Å². The number of anilines is 2. The van der Waals surface area contributed by atoms with Crippen LogP contribution < -0.4 is 27.2 Å². The molecule has 6 rings (SSSR count). The quantitative estimate of drug-likeness (QED) is 0.115. The molecular weight excluding hydrogens is 726 g/mol. The number of amides is 3. The first-order valence-electron chi connectivity index (χ1n) is 16.9. The zero-order valence-corrected chi connectivity index (χ0v) is 30.6. The Bertz CT molecular complexity index is 2300. The van der Waals surface area contributed by atoms with Crippen LogP contribution in [0.4, 0.5) is 16.2 Å². The van der Waals surface area contributed by atoms with Crippen LogP contribution in [0.25, 0.3) is 16.9 Å².